The Bertz CT molecular complexity index is 379. The van der Waals surface area contributed by atoms with Gasteiger partial charge >= 0.3 is 0 Å². The molecule has 0 spiro atoms. The molecule has 0 fully saturated rings. The quantitative estimate of drug-likeness (QED) is 0.619. The molecule has 14 heavy (non-hydrogen) atoms. The highest BCUT2D eigenvalue weighted by Crippen LogP contribution is 2.20. The molecule has 0 amide bonds. The van der Waals surface area contributed by atoms with Crippen molar-refractivity contribution < 1.29 is 0 Å². The molecular weight excluding hydrogens is 170 g/mol. The van der Waals surface area contributed by atoms with Crippen molar-refractivity contribution in [3.05, 3.63) is 33.9 Å². The van der Waals surface area contributed by atoms with Crippen LogP contribution >= 0.6 is 0 Å². The molecule has 0 aliphatic carbocycles. The van der Waals surface area contributed by atoms with Crippen molar-refractivity contribution in [3.63, 3.8) is 0 Å². The van der Waals surface area contributed by atoms with E-state index in [0.717, 1.165) is 5.56 Å². The largest absolute Gasteiger partial charge is 0.320 e. The molecule has 2 N–H and O–H groups in total. The van der Waals surface area contributed by atoms with Gasteiger partial charge in [0.05, 0.1) is 6.54 Å². The predicted octanol–water partition coefficient (Wildman–Crippen LogP) is 2.23. The number of hydrogen-bond donors (Lipinski definition) is 1. The highest BCUT2D eigenvalue weighted by molar-refractivity contribution is 5.52. The zero-order valence-corrected chi connectivity index (χ0v) is 9.36. The van der Waals surface area contributed by atoms with Gasteiger partial charge in [0.1, 0.15) is 0 Å². The number of nitrogens with two attached hydrogens (primary N) is 1. The van der Waals surface area contributed by atoms with Crippen LogP contribution in [0.25, 0.3) is 0 Å². The summed E-state index contributed by atoms with van der Waals surface area (Å²) in [6.45, 7) is 8.89. The fraction of sp³-hybridized carbons (Fsp3) is 0.385. The van der Waals surface area contributed by atoms with E-state index in [4.69, 9.17) is 5.73 Å². The second-order valence-corrected chi connectivity index (χ2v) is 3.64. The van der Waals surface area contributed by atoms with E-state index in [2.05, 4.69) is 45.6 Å². The van der Waals surface area contributed by atoms with Crippen LogP contribution in [0, 0.1) is 39.5 Å². The van der Waals surface area contributed by atoms with E-state index in [9.17, 15) is 0 Å². The van der Waals surface area contributed by atoms with Crippen molar-refractivity contribution in [2.45, 2.75) is 27.7 Å². The van der Waals surface area contributed by atoms with E-state index >= 15 is 0 Å². The lowest BCUT2D eigenvalue weighted by molar-refractivity contribution is 1.22. The molecule has 0 bridgehead atoms. The Morgan fingerprint density at radius 3 is 2.00 bits per heavy atom. The first kappa shape index (κ1) is 10.8. The van der Waals surface area contributed by atoms with E-state index in [1.165, 1.54) is 22.3 Å². The highest BCUT2D eigenvalue weighted by Gasteiger charge is 2.05. The van der Waals surface area contributed by atoms with Gasteiger partial charge in [0.15, 0.2) is 0 Å². The van der Waals surface area contributed by atoms with Gasteiger partial charge in [-0.05, 0) is 49.9 Å². The van der Waals surface area contributed by atoms with Crippen LogP contribution in [0.15, 0.2) is 6.07 Å². The molecule has 0 aliphatic rings. The van der Waals surface area contributed by atoms with Gasteiger partial charge in [0, 0.05) is 5.56 Å². The molecule has 0 unspecified atom stereocenters. The standard InChI is InChI=1S/C13H17N/c1-9-8-10(2)12(4)13(11(9)3)6-5-7-14/h8H,7,14H2,1-4H3. The minimum Gasteiger partial charge on any atom is -0.320 e. The Morgan fingerprint density at radius 1 is 1.07 bits per heavy atom. The second kappa shape index (κ2) is 4.30. The van der Waals surface area contributed by atoms with E-state index in [1.807, 2.05) is 0 Å². The summed E-state index contributed by atoms with van der Waals surface area (Å²) in [6, 6.07) is 2.21. The molecule has 0 saturated heterocycles. The number of benzene rings is 1. The van der Waals surface area contributed by atoms with Crippen molar-refractivity contribution in [3.8, 4) is 11.8 Å². The molecule has 0 radical (unpaired) electrons. The number of aryl methyl sites for hydroxylation is 2. The van der Waals surface area contributed by atoms with Crippen molar-refractivity contribution in [2.75, 3.05) is 6.54 Å². The van der Waals surface area contributed by atoms with Gasteiger partial charge in [0.2, 0.25) is 0 Å². The number of rotatable bonds is 0. The van der Waals surface area contributed by atoms with Crippen molar-refractivity contribution in [1.29, 1.82) is 0 Å². The Kier molecular flexibility index (Phi) is 3.33. The first-order valence-corrected chi connectivity index (χ1v) is 4.84. The lowest BCUT2D eigenvalue weighted by Crippen LogP contribution is -1.97. The summed E-state index contributed by atoms with van der Waals surface area (Å²) in [4.78, 5) is 0. The molecule has 1 nitrogen and oxygen atoms in total. The van der Waals surface area contributed by atoms with E-state index in [-0.39, 0.29) is 0 Å². The second-order valence-electron chi connectivity index (χ2n) is 3.64. The first-order chi connectivity index (χ1) is 6.57. The van der Waals surface area contributed by atoms with Crippen LogP contribution in [0.4, 0.5) is 0 Å². The zero-order valence-electron chi connectivity index (χ0n) is 9.36. The molecule has 0 heterocycles. The highest BCUT2D eigenvalue weighted by atomic mass is 14.5. The fourth-order valence-electron chi connectivity index (χ4n) is 1.54. The summed E-state index contributed by atoms with van der Waals surface area (Å²) < 4.78 is 0. The van der Waals surface area contributed by atoms with Crippen LogP contribution in [-0.4, -0.2) is 6.54 Å². The smallest absolute Gasteiger partial charge is 0.0555 e. The summed E-state index contributed by atoms with van der Waals surface area (Å²) in [6.07, 6.45) is 0. The molecule has 1 aromatic rings. The third kappa shape index (κ3) is 1.97. The third-order valence-electron chi connectivity index (χ3n) is 2.68. The zero-order chi connectivity index (χ0) is 10.7. The van der Waals surface area contributed by atoms with Gasteiger partial charge in [-0.1, -0.05) is 17.9 Å². The Labute approximate surface area is 86.3 Å². The molecule has 1 heteroatoms. The third-order valence-corrected chi connectivity index (χ3v) is 2.68. The van der Waals surface area contributed by atoms with Crippen molar-refractivity contribution >= 4 is 0 Å². The predicted molar refractivity (Wildman–Crippen MR) is 61.3 cm³/mol. The normalized spacial score (nSPS) is 9.50. The molecule has 1 aromatic carbocycles. The number of hydrogen-bond acceptors (Lipinski definition) is 1. The summed E-state index contributed by atoms with van der Waals surface area (Å²) in [7, 11) is 0. The van der Waals surface area contributed by atoms with E-state index < -0.39 is 0 Å². The Morgan fingerprint density at radius 2 is 1.57 bits per heavy atom. The Balaban J connectivity index is 3.39. The molecule has 0 aliphatic heterocycles. The fourth-order valence-corrected chi connectivity index (χ4v) is 1.54. The first-order valence-electron chi connectivity index (χ1n) is 4.84. The topological polar surface area (TPSA) is 26.0 Å². The minimum absolute atomic E-state index is 0.422. The average molecular weight is 187 g/mol. The van der Waals surface area contributed by atoms with Crippen molar-refractivity contribution in [2.24, 2.45) is 5.73 Å². The minimum atomic E-state index is 0.422. The van der Waals surface area contributed by atoms with Crippen molar-refractivity contribution in [1.82, 2.24) is 0 Å². The summed E-state index contributed by atoms with van der Waals surface area (Å²) >= 11 is 0. The van der Waals surface area contributed by atoms with E-state index in [1.54, 1.807) is 0 Å². The molecule has 74 valence electrons. The molecular formula is C13H17N. The lowest BCUT2D eigenvalue weighted by atomic mass is 9.94. The maximum Gasteiger partial charge on any atom is 0.0555 e. The van der Waals surface area contributed by atoms with Gasteiger partial charge < -0.3 is 5.73 Å². The summed E-state index contributed by atoms with van der Waals surface area (Å²) in [5, 5.41) is 0. The Hall–Kier alpha value is -1.26. The van der Waals surface area contributed by atoms with Gasteiger partial charge in [-0.25, -0.2) is 0 Å². The van der Waals surface area contributed by atoms with Crippen LogP contribution in [0.2, 0.25) is 0 Å². The van der Waals surface area contributed by atoms with Crippen LogP contribution in [0.3, 0.4) is 0 Å². The summed E-state index contributed by atoms with van der Waals surface area (Å²) in [5.41, 5.74) is 11.7. The SMILES string of the molecule is Cc1cc(C)c(C)c(C#CCN)c1C. The van der Waals surface area contributed by atoms with Gasteiger partial charge in [-0.2, -0.15) is 0 Å². The lowest BCUT2D eigenvalue weighted by Gasteiger charge is -2.10. The average Bonchev–Trinajstić information content (AvgIpc) is 2.15. The van der Waals surface area contributed by atoms with E-state index in [0.29, 0.717) is 6.54 Å². The maximum atomic E-state index is 5.38. The molecule has 0 aromatic heterocycles. The molecule has 1 rings (SSSR count). The summed E-state index contributed by atoms with van der Waals surface area (Å²) in [5.74, 6) is 6.07. The van der Waals surface area contributed by atoms with Crippen LogP contribution in [-0.2, 0) is 0 Å². The van der Waals surface area contributed by atoms with Gasteiger partial charge in [-0.15, -0.1) is 0 Å². The van der Waals surface area contributed by atoms with Crippen LogP contribution < -0.4 is 5.73 Å². The maximum absolute atomic E-state index is 5.38. The van der Waals surface area contributed by atoms with Crippen LogP contribution in [0.1, 0.15) is 27.8 Å². The molecule has 0 atom stereocenters. The van der Waals surface area contributed by atoms with Gasteiger partial charge in [-0.3, -0.25) is 0 Å². The monoisotopic (exact) mass is 187 g/mol. The molecule has 0 saturated carbocycles. The van der Waals surface area contributed by atoms with Crippen LogP contribution in [0.5, 0.6) is 0 Å². The van der Waals surface area contributed by atoms with Gasteiger partial charge in [0.25, 0.3) is 0 Å².